The fourth-order valence-electron chi connectivity index (χ4n) is 2.38. The standard InChI is InChI=1S/C16H9ClO5/c17-16(20)22-21-8-9-5-6-12-13(7-9)15(19)11-4-2-1-3-10(11)14(12)18/h1-7H,8H2. The van der Waals surface area contributed by atoms with Crippen LogP contribution in [0.15, 0.2) is 42.5 Å². The first-order chi connectivity index (χ1) is 10.6. The van der Waals surface area contributed by atoms with Crippen molar-refractivity contribution in [2.45, 2.75) is 6.61 Å². The zero-order chi connectivity index (χ0) is 15.7. The van der Waals surface area contributed by atoms with Gasteiger partial charge in [-0.1, -0.05) is 30.3 Å². The highest BCUT2D eigenvalue weighted by atomic mass is 35.5. The lowest BCUT2D eigenvalue weighted by Crippen LogP contribution is -2.21. The molecule has 0 heterocycles. The summed E-state index contributed by atoms with van der Waals surface area (Å²) in [6.45, 7) is -0.0745. The van der Waals surface area contributed by atoms with Crippen molar-refractivity contribution in [2.75, 3.05) is 0 Å². The molecule has 5 nitrogen and oxygen atoms in total. The fourth-order valence-corrected chi connectivity index (χ4v) is 2.42. The largest absolute Gasteiger partial charge is 0.435 e. The summed E-state index contributed by atoms with van der Waals surface area (Å²) >= 11 is 4.97. The zero-order valence-electron chi connectivity index (χ0n) is 11.2. The van der Waals surface area contributed by atoms with E-state index < -0.39 is 5.43 Å². The minimum absolute atomic E-state index is 0.0745. The Morgan fingerprint density at radius 3 is 2.14 bits per heavy atom. The van der Waals surface area contributed by atoms with Crippen LogP contribution in [0, 0.1) is 0 Å². The molecule has 0 atom stereocenters. The van der Waals surface area contributed by atoms with Crippen LogP contribution in [0.3, 0.4) is 0 Å². The molecule has 0 radical (unpaired) electrons. The highest BCUT2D eigenvalue weighted by molar-refractivity contribution is 6.61. The van der Waals surface area contributed by atoms with Gasteiger partial charge in [-0.25, -0.2) is 4.79 Å². The molecule has 0 aromatic heterocycles. The Morgan fingerprint density at radius 2 is 1.50 bits per heavy atom. The molecule has 2 aromatic carbocycles. The number of benzene rings is 2. The van der Waals surface area contributed by atoms with E-state index in [1.54, 1.807) is 42.5 Å². The smallest absolute Gasteiger partial charge is 0.289 e. The van der Waals surface area contributed by atoms with Crippen molar-refractivity contribution >= 4 is 28.6 Å². The Kier molecular flexibility index (Phi) is 3.75. The van der Waals surface area contributed by atoms with Gasteiger partial charge in [0.15, 0.2) is 11.6 Å². The molecule has 3 rings (SSSR count). The molecule has 0 saturated heterocycles. The summed E-state index contributed by atoms with van der Waals surface area (Å²) in [4.78, 5) is 44.1. The van der Waals surface area contributed by atoms with E-state index in [1.165, 1.54) is 0 Å². The monoisotopic (exact) mass is 316 g/mol. The Balaban J connectivity index is 1.94. The summed E-state index contributed by atoms with van der Waals surface area (Å²) in [7, 11) is 0. The normalized spacial score (nSPS) is 12.6. The summed E-state index contributed by atoms with van der Waals surface area (Å²) in [6, 6.07) is 11.4. The summed E-state index contributed by atoms with van der Waals surface area (Å²) in [6.07, 6.45) is 0. The molecule has 0 amide bonds. The second kappa shape index (κ2) is 5.71. The molecule has 0 unspecified atom stereocenters. The molecule has 2 aromatic rings. The van der Waals surface area contributed by atoms with Crippen molar-refractivity contribution < 1.29 is 24.2 Å². The third kappa shape index (κ3) is 2.52. The number of hydrogen-bond acceptors (Lipinski definition) is 5. The van der Waals surface area contributed by atoms with Crippen molar-refractivity contribution in [2.24, 2.45) is 0 Å². The number of carbonyl (C=O) groups is 3. The number of fused-ring (bicyclic) bond motifs is 2. The molecule has 6 heteroatoms. The van der Waals surface area contributed by atoms with Crippen LogP contribution in [0.1, 0.15) is 37.4 Å². The van der Waals surface area contributed by atoms with Gasteiger partial charge >= 0.3 is 5.43 Å². The van der Waals surface area contributed by atoms with Gasteiger partial charge in [-0.15, -0.1) is 0 Å². The SMILES string of the molecule is O=C(Cl)OOCc1ccc2c(c1)C(=O)c1ccccc1C2=O. The second-order valence-electron chi connectivity index (χ2n) is 4.67. The second-order valence-corrected chi connectivity index (χ2v) is 4.98. The van der Waals surface area contributed by atoms with E-state index in [0.717, 1.165) is 0 Å². The molecular formula is C16H9ClO5. The maximum absolute atomic E-state index is 12.5. The number of carbonyl (C=O) groups excluding carboxylic acids is 3. The van der Waals surface area contributed by atoms with Gasteiger partial charge < -0.3 is 0 Å². The molecule has 1 aliphatic rings. The van der Waals surface area contributed by atoms with E-state index in [-0.39, 0.29) is 18.2 Å². The third-order valence-corrected chi connectivity index (χ3v) is 3.40. The summed E-state index contributed by atoms with van der Waals surface area (Å²) < 4.78 is 0. The van der Waals surface area contributed by atoms with Crippen LogP contribution in [0.25, 0.3) is 0 Å². The van der Waals surface area contributed by atoms with E-state index in [4.69, 9.17) is 11.6 Å². The van der Waals surface area contributed by atoms with Gasteiger partial charge in [0, 0.05) is 33.9 Å². The molecule has 22 heavy (non-hydrogen) atoms. The van der Waals surface area contributed by atoms with E-state index in [0.29, 0.717) is 27.8 Å². The fraction of sp³-hybridized carbons (Fsp3) is 0.0625. The van der Waals surface area contributed by atoms with Crippen LogP contribution < -0.4 is 0 Å². The van der Waals surface area contributed by atoms with Crippen molar-refractivity contribution in [3.8, 4) is 0 Å². The number of ketones is 2. The Morgan fingerprint density at radius 1 is 0.909 bits per heavy atom. The van der Waals surface area contributed by atoms with Crippen LogP contribution in [-0.4, -0.2) is 17.0 Å². The van der Waals surface area contributed by atoms with E-state index in [1.807, 2.05) is 0 Å². The highest BCUT2D eigenvalue weighted by Gasteiger charge is 2.29. The Hall–Kier alpha value is -2.50. The van der Waals surface area contributed by atoms with Gasteiger partial charge in [0.2, 0.25) is 0 Å². The predicted molar refractivity (Wildman–Crippen MR) is 76.9 cm³/mol. The number of rotatable bonds is 3. The van der Waals surface area contributed by atoms with Crippen LogP contribution in [-0.2, 0) is 16.4 Å². The molecule has 0 spiro atoms. The average Bonchev–Trinajstić information content (AvgIpc) is 2.52. The summed E-state index contributed by atoms with van der Waals surface area (Å²) in [5, 5.41) is 0. The maximum atomic E-state index is 12.5. The Bertz CT molecular complexity index is 797. The molecular weight excluding hydrogens is 308 g/mol. The van der Waals surface area contributed by atoms with Gasteiger partial charge in [-0.3, -0.25) is 14.5 Å². The lowest BCUT2D eigenvalue weighted by molar-refractivity contribution is -0.241. The lowest BCUT2D eigenvalue weighted by Gasteiger charge is -2.17. The molecule has 0 saturated carbocycles. The molecule has 0 bridgehead atoms. The molecule has 0 N–H and O–H groups in total. The van der Waals surface area contributed by atoms with Crippen LogP contribution >= 0.6 is 11.6 Å². The maximum Gasteiger partial charge on any atom is 0.435 e. The molecule has 0 aliphatic heterocycles. The third-order valence-electron chi connectivity index (χ3n) is 3.34. The van der Waals surface area contributed by atoms with E-state index in [2.05, 4.69) is 9.78 Å². The van der Waals surface area contributed by atoms with Crippen molar-refractivity contribution in [1.29, 1.82) is 0 Å². The van der Waals surface area contributed by atoms with Gasteiger partial charge in [-0.05, 0) is 17.7 Å². The number of hydrogen-bond donors (Lipinski definition) is 0. The van der Waals surface area contributed by atoms with E-state index >= 15 is 0 Å². The number of halogens is 1. The summed E-state index contributed by atoms with van der Waals surface area (Å²) in [5.74, 6) is -0.411. The lowest BCUT2D eigenvalue weighted by atomic mass is 9.83. The van der Waals surface area contributed by atoms with Crippen molar-refractivity contribution in [1.82, 2.24) is 0 Å². The topological polar surface area (TPSA) is 69.7 Å². The molecule has 1 aliphatic carbocycles. The Labute approximate surface area is 130 Å². The predicted octanol–water partition coefficient (Wildman–Crippen LogP) is 3.27. The average molecular weight is 317 g/mol. The zero-order valence-corrected chi connectivity index (χ0v) is 11.9. The summed E-state index contributed by atoms with van der Waals surface area (Å²) in [5.41, 5.74) is 0.935. The first-order valence-electron chi connectivity index (χ1n) is 6.38. The molecule has 0 fully saturated rings. The van der Waals surface area contributed by atoms with Gasteiger partial charge in [0.05, 0.1) is 0 Å². The van der Waals surface area contributed by atoms with Crippen LogP contribution in [0.4, 0.5) is 4.79 Å². The van der Waals surface area contributed by atoms with Gasteiger partial charge in [-0.2, -0.15) is 4.89 Å². The first kappa shape index (κ1) is 14.4. The first-order valence-corrected chi connectivity index (χ1v) is 6.76. The van der Waals surface area contributed by atoms with Crippen molar-refractivity contribution in [3.63, 3.8) is 0 Å². The van der Waals surface area contributed by atoms with Crippen LogP contribution in [0.5, 0.6) is 0 Å². The minimum atomic E-state index is -1.09. The van der Waals surface area contributed by atoms with Gasteiger partial charge in [0.25, 0.3) is 0 Å². The van der Waals surface area contributed by atoms with Gasteiger partial charge in [0.1, 0.15) is 6.61 Å². The van der Waals surface area contributed by atoms with E-state index in [9.17, 15) is 14.4 Å². The quantitative estimate of drug-likeness (QED) is 0.421. The molecule has 110 valence electrons. The van der Waals surface area contributed by atoms with Crippen molar-refractivity contribution in [3.05, 3.63) is 70.3 Å². The van der Waals surface area contributed by atoms with Crippen LogP contribution in [0.2, 0.25) is 0 Å². The minimum Gasteiger partial charge on any atom is -0.289 e. The highest BCUT2D eigenvalue weighted by Crippen LogP contribution is 2.28.